The average molecular weight is 598 g/mol. The highest BCUT2D eigenvalue weighted by Gasteiger charge is 2.15. The van der Waals surface area contributed by atoms with Crippen LogP contribution in [-0.4, -0.2) is 51.4 Å². The van der Waals surface area contributed by atoms with Crippen LogP contribution in [0.25, 0.3) is 0 Å². The number of hydrazone groups is 1. The number of amides is 2. The average Bonchev–Trinajstić information content (AvgIpc) is 2.95. The maximum atomic E-state index is 12.7. The van der Waals surface area contributed by atoms with Gasteiger partial charge in [-0.2, -0.15) is 5.10 Å². The maximum absolute atomic E-state index is 12.7. The van der Waals surface area contributed by atoms with Crippen LogP contribution in [0.2, 0.25) is 0 Å². The number of carbonyl (C=O) groups is 3. The summed E-state index contributed by atoms with van der Waals surface area (Å²) in [5.41, 5.74) is 3.41. The van der Waals surface area contributed by atoms with Gasteiger partial charge in [-0.15, -0.1) is 0 Å². The van der Waals surface area contributed by atoms with Crippen LogP contribution in [0, 0.1) is 0 Å². The van der Waals surface area contributed by atoms with E-state index in [2.05, 4.69) is 31.8 Å². The summed E-state index contributed by atoms with van der Waals surface area (Å²) in [4.78, 5) is 37.2. The second kappa shape index (κ2) is 14.5. The lowest BCUT2D eigenvalue weighted by Gasteiger charge is -2.11. The quantitative estimate of drug-likeness (QED) is 0.138. The molecular weight excluding hydrogens is 570 g/mol. The van der Waals surface area contributed by atoms with E-state index in [1.165, 1.54) is 26.5 Å². The van der Waals surface area contributed by atoms with E-state index in [-0.39, 0.29) is 17.9 Å². The topological polar surface area (TPSA) is 125 Å². The van der Waals surface area contributed by atoms with Crippen molar-refractivity contribution in [2.75, 3.05) is 27.4 Å². The van der Waals surface area contributed by atoms with E-state index >= 15 is 0 Å². The molecule has 10 nitrogen and oxygen atoms in total. The maximum Gasteiger partial charge on any atom is 0.343 e. The van der Waals surface area contributed by atoms with Crippen LogP contribution >= 0.6 is 15.9 Å². The van der Waals surface area contributed by atoms with Crippen molar-refractivity contribution in [1.82, 2.24) is 10.7 Å². The summed E-state index contributed by atoms with van der Waals surface area (Å²) in [7, 11) is 2.97. The largest absolute Gasteiger partial charge is 0.494 e. The van der Waals surface area contributed by atoms with Crippen LogP contribution in [0.1, 0.15) is 39.6 Å². The van der Waals surface area contributed by atoms with Crippen molar-refractivity contribution in [3.05, 3.63) is 81.8 Å². The Hall–Kier alpha value is -4.38. The van der Waals surface area contributed by atoms with Crippen LogP contribution < -0.4 is 29.7 Å². The number of benzene rings is 3. The molecule has 204 valence electrons. The molecular formula is C28H28BrN3O7. The zero-order valence-electron chi connectivity index (χ0n) is 21.7. The Balaban J connectivity index is 1.57. The number of rotatable bonds is 12. The molecule has 3 rings (SSSR count). The summed E-state index contributed by atoms with van der Waals surface area (Å²) in [5.74, 6) is 0.181. The Bertz CT molecular complexity index is 1340. The van der Waals surface area contributed by atoms with Gasteiger partial charge in [-0.3, -0.25) is 9.59 Å². The predicted molar refractivity (Wildman–Crippen MR) is 149 cm³/mol. The molecule has 0 aliphatic carbocycles. The van der Waals surface area contributed by atoms with E-state index in [1.54, 1.807) is 54.6 Å². The Kier molecular flexibility index (Phi) is 10.9. The smallest absolute Gasteiger partial charge is 0.343 e. The number of halogens is 1. The van der Waals surface area contributed by atoms with Gasteiger partial charge in [0.2, 0.25) is 0 Å². The first-order valence-corrected chi connectivity index (χ1v) is 12.7. The zero-order chi connectivity index (χ0) is 28.2. The number of hydrogen-bond donors (Lipinski definition) is 2. The third-order valence-electron chi connectivity index (χ3n) is 5.19. The molecule has 3 aromatic carbocycles. The van der Waals surface area contributed by atoms with Gasteiger partial charge in [0.25, 0.3) is 11.8 Å². The molecule has 0 spiro atoms. The second-order valence-corrected chi connectivity index (χ2v) is 8.91. The molecule has 0 atom stereocenters. The molecule has 2 amide bonds. The number of nitrogens with zero attached hydrogens (tertiary/aromatic N) is 1. The van der Waals surface area contributed by atoms with Gasteiger partial charge in [-0.25, -0.2) is 10.2 Å². The van der Waals surface area contributed by atoms with Crippen molar-refractivity contribution >= 4 is 39.9 Å². The SMILES string of the molecule is CCCOc1ccc(C(=O)NCC(=O)N/N=C/c2cc(Br)ccc2OC(=O)c2ccc(OC)c(OC)c2)cc1. The highest BCUT2D eigenvalue weighted by molar-refractivity contribution is 9.10. The molecule has 39 heavy (non-hydrogen) atoms. The number of methoxy groups -OCH3 is 2. The van der Waals surface area contributed by atoms with E-state index in [1.807, 2.05) is 6.92 Å². The van der Waals surface area contributed by atoms with Crippen LogP contribution in [0.15, 0.2) is 70.2 Å². The molecule has 11 heteroatoms. The van der Waals surface area contributed by atoms with Crippen molar-refractivity contribution in [1.29, 1.82) is 0 Å². The first kappa shape index (κ1) is 29.2. The van der Waals surface area contributed by atoms with Crippen molar-refractivity contribution in [3.63, 3.8) is 0 Å². The monoisotopic (exact) mass is 597 g/mol. The summed E-state index contributed by atoms with van der Waals surface area (Å²) in [5, 5.41) is 6.45. The summed E-state index contributed by atoms with van der Waals surface area (Å²) in [6, 6.07) is 16.3. The molecule has 0 saturated heterocycles. The molecule has 0 unspecified atom stereocenters. The summed E-state index contributed by atoms with van der Waals surface area (Å²) in [6.45, 7) is 2.31. The summed E-state index contributed by atoms with van der Waals surface area (Å²) in [6.07, 6.45) is 2.21. The lowest BCUT2D eigenvalue weighted by atomic mass is 10.2. The van der Waals surface area contributed by atoms with E-state index in [4.69, 9.17) is 18.9 Å². The van der Waals surface area contributed by atoms with Crippen molar-refractivity contribution in [2.24, 2.45) is 5.10 Å². The van der Waals surface area contributed by atoms with Crippen molar-refractivity contribution in [3.8, 4) is 23.0 Å². The predicted octanol–water partition coefficient (Wildman–Crippen LogP) is 4.35. The fourth-order valence-corrected chi connectivity index (χ4v) is 3.61. The molecule has 0 saturated carbocycles. The van der Waals surface area contributed by atoms with Crippen molar-refractivity contribution in [2.45, 2.75) is 13.3 Å². The molecule has 0 radical (unpaired) electrons. The third kappa shape index (κ3) is 8.57. The minimum Gasteiger partial charge on any atom is -0.494 e. The Morgan fingerprint density at radius 2 is 1.59 bits per heavy atom. The van der Waals surface area contributed by atoms with Gasteiger partial charge >= 0.3 is 5.97 Å². The second-order valence-electron chi connectivity index (χ2n) is 7.99. The first-order chi connectivity index (χ1) is 18.8. The summed E-state index contributed by atoms with van der Waals surface area (Å²) >= 11 is 3.37. The zero-order valence-corrected chi connectivity index (χ0v) is 23.2. The third-order valence-corrected chi connectivity index (χ3v) is 5.68. The first-order valence-electron chi connectivity index (χ1n) is 11.9. The van der Waals surface area contributed by atoms with Gasteiger partial charge in [0, 0.05) is 15.6 Å². The van der Waals surface area contributed by atoms with Gasteiger partial charge in [0.15, 0.2) is 11.5 Å². The van der Waals surface area contributed by atoms with Crippen LogP contribution in [-0.2, 0) is 4.79 Å². The van der Waals surface area contributed by atoms with E-state index < -0.39 is 17.8 Å². The van der Waals surface area contributed by atoms with Gasteiger partial charge in [-0.05, 0) is 67.1 Å². The number of nitrogens with one attached hydrogen (secondary N) is 2. The minimum atomic E-state index is -0.621. The lowest BCUT2D eigenvalue weighted by molar-refractivity contribution is -0.120. The van der Waals surface area contributed by atoms with Crippen LogP contribution in [0.4, 0.5) is 0 Å². The van der Waals surface area contributed by atoms with Gasteiger partial charge in [0.1, 0.15) is 11.5 Å². The molecule has 0 fully saturated rings. The standard InChI is InChI=1S/C28H28BrN3O7/c1-4-13-38-22-9-5-18(6-10-22)27(34)30-17-26(33)32-31-16-20-14-21(29)8-12-23(20)39-28(35)19-7-11-24(36-2)25(15-19)37-3/h5-12,14-16H,4,13,17H2,1-3H3,(H,30,34)(H,32,33)/b31-16+. The van der Waals surface area contributed by atoms with Crippen LogP contribution in [0.5, 0.6) is 23.0 Å². The number of carbonyl (C=O) groups excluding carboxylic acids is 3. The molecule has 0 aromatic heterocycles. The van der Waals surface area contributed by atoms with Gasteiger partial charge in [0.05, 0.1) is 39.1 Å². The molecule has 2 N–H and O–H groups in total. The van der Waals surface area contributed by atoms with Crippen molar-refractivity contribution < 1.29 is 33.3 Å². The Morgan fingerprint density at radius 1 is 0.897 bits per heavy atom. The van der Waals surface area contributed by atoms with Crippen LogP contribution in [0.3, 0.4) is 0 Å². The molecule has 0 aliphatic rings. The fraction of sp³-hybridized carbons (Fsp3) is 0.214. The lowest BCUT2D eigenvalue weighted by Crippen LogP contribution is -2.34. The highest BCUT2D eigenvalue weighted by atomic mass is 79.9. The fourth-order valence-electron chi connectivity index (χ4n) is 3.23. The Labute approximate surface area is 234 Å². The molecule has 3 aromatic rings. The number of esters is 1. The van der Waals surface area contributed by atoms with Gasteiger partial charge < -0.3 is 24.3 Å². The van der Waals surface area contributed by atoms with E-state index in [9.17, 15) is 14.4 Å². The normalized spacial score (nSPS) is 10.6. The molecule has 0 heterocycles. The molecule has 0 aliphatic heterocycles. The molecule has 0 bridgehead atoms. The minimum absolute atomic E-state index is 0.218. The Morgan fingerprint density at radius 3 is 2.28 bits per heavy atom. The number of ether oxygens (including phenoxy) is 4. The number of hydrogen-bond acceptors (Lipinski definition) is 8. The summed E-state index contributed by atoms with van der Waals surface area (Å²) < 4.78 is 22.2. The highest BCUT2D eigenvalue weighted by Crippen LogP contribution is 2.29. The van der Waals surface area contributed by atoms with Gasteiger partial charge in [-0.1, -0.05) is 22.9 Å². The van der Waals surface area contributed by atoms with E-state index in [0.717, 1.165) is 6.42 Å². The van der Waals surface area contributed by atoms with E-state index in [0.29, 0.717) is 39.5 Å².